The first kappa shape index (κ1) is 20.8. The number of hydrogen-bond donors (Lipinski definition) is 2. The number of nitrogens with two attached hydrogens (primary N) is 1. The summed E-state index contributed by atoms with van der Waals surface area (Å²) in [5.74, 6) is -2.07. The van der Waals surface area contributed by atoms with E-state index < -0.39 is 29.7 Å². The molecule has 0 fully saturated rings. The van der Waals surface area contributed by atoms with Crippen molar-refractivity contribution in [2.24, 2.45) is 5.73 Å². The highest BCUT2D eigenvalue weighted by Gasteiger charge is 2.41. The predicted octanol–water partition coefficient (Wildman–Crippen LogP) is 3.94. The molecule has 0 spiro atoms. The van der Waals surface area contributed by atoms with E-state index >= 15 is 0 Å². The van der Waals surface area contributed by atoms with Crippen LogP contribution in [0.15, 0.2) is 60.9 Å². The number of phenols is 1. The fraction of sp³-hybridized carbons (Fsp3) is 0.174. The zero-order valence-corrected chi connectivity index (χ0v) is 17.1. The van der Waals surface area contributed by atoms with Gasteiger partial charge in [-0.25, -0.2) is 4.39 Å². The first-order valence-electron chi connectivity index (χ1n) is 9.66. The molecule has 3 N–H and O–H groups in total. The molecule has 0 radical (unpaired) electrons. The van der Waals surface area contributed by atoms with E-state index in [4.69, 9.17) is 17.3 Å². The molecule has 1 heterocycles. The number of carbonyl (C=O) groups is 2. The lowest BCUT2D eigenvalue weighted by atomic mass is 9.98. The van der Waals surface area contributed by atoms with Crippen LogP contribution in [0, 0.1) is 5.82 Å². The average molecular weight is 440 g/mol. The molecule has 2 amide bonds. The zero-order valence-electron chi connectivity index (χ0n) is 16.3. The summed E-state index contributed by atoms with van der Waals surface area (Å²) in [7, 11) is 0. The molecule has 2 aromatic carbocycles. The Labute approximate surface area is 183 Å². The van der Waals surface area contributed by atoms with Crippen molar-refractivity contribution >= 4 is 23.4 Å². The highest BCUT2D eigenvalue weighted by atomic mass is 35.5. The summed E-state index contributed by atoms with van der Waals surface area (Å²) in [4.78, 5) is 31.6. The number of hydrogen-bond acceptors (Lipinski definition) is 4. The van der Waals surface area contributed by atoms with Gasteiger partial charge >= 0.3 is 0 Å². The van der Waals surface area contributed by atoms with Gasteiger partial charge in [-0.2, -0.15) is 0 Å². The number of phenolic OH excluding ortho intramolecular Hbond substituents is 1. The standard InChI is InChI=1S/C23H19ClFN3O3/c24-14-10-17-15(18(25)11-14)7-8-19(17)28(23(31)16-5-1-2-6-20(16)29)21(22(26)30)13-4-3-9-27-12-13/h1-6,9-12,19,21,29H,7-8H2,(H2,26,30)/t19-,21-/m0/s1. The number of aromatic hydroxyl groups is 1. The molecular formula is C23H19ClFN3O3. The van der Waals surface area contributed by atoms with Gasteiger partial charge in [-0.05, 0) is 54.3 Å². The maximum absolute atomic E-state index is 14.5. The molecule has 1 aromatic heterocycles. The molecule has 8 heteroatoms. The van der Waals surface area contributed by atoms with Crippen molar-refractivity contribution in [2.45, 2.75) is 24.9 Å². The summed E-state index contributed by atoms with van der Waals surface area (Å²) < 4.78 is 14.5. The monoisotopic (exact) mass is 439 g/mol. The SMILES string of the molecule is NC(=O)[C@H](c1cccnc1)N(C(=O)c1ccccc1O)[C@H]1CCc2c(F)cc(Cl)cc21. The molecule has 6 nitrogen and oxygen atoms in total. The van der Waals surface area contributed by atoms with Gasteiger partial charge in [-0.3, -0.25) is 14.6 Å². The normalized spacial score (nSPS) is 15.9. The van der Waals surface area contributed by atoms with Gasteiger partial charge in [0, 0.05) is 23.0 Å². The van der Waals surface area contributed by atoms with Crippen LogP contribution in [0.3, 0.4) is 0 Å². The van der Waals surface area contributed by atoms with Crippen LogP contribution in [-0.2, 0) is 11.2 Å². The summed E-state index contributed by atoms with van der Waals surface area (Å²) in [6.07, 6.45) is 3.73. The number of rotatable bonds is 5. The molecule has 2 atom stereocenters. The Balaban J connectivity index is 1.90. The number of amides is 2. The van der Waals surface area contributed by atoms with Crippen LogP contribution in [0.4, 0.5) is 4.39 Å². The van der Waals surface area contributed by atoms with Crippen LogP contribution in [0.25, 0.3) is 0 Å². The van der Waals surface area contributed by atoms with E-state index in [2.05, 4.69) is 4.98 Å². The van der Waals surface area contributed by atoms with Crippen molar-refractivity contribution in [2.75, 3.05) is 0 Å². The van der Waals surface area contributed by atoms with Gasteiger partial charge in [0.1, 0.15) is 17.6 Å². The van der Waals surface area contributed by atoms with Crippen molar-refractivity contribution in [3.05, 3.63) is 94.0 Å². The van der Waals surface area contributed by atoms with Crippen LogP contribution in [-0.4, -0.2) is 26.8 Å². The number of primary amides is 1. The quantitative estimate of drug-likeness (QED) is 0.629. The molecule has 0 aliphatic heterocycles. The third kappa shape index (κ3) is 3.84. The minimum Gasteiger partial charge on any atom is -0.507 e. The number of aromatic nitrogens is 1. The molecule has 3 aromatic rings. The molecule has 0 unspecified atom stereocenters. The van der Waals surface area contributed by atoms with Crippen molar-refractivity contribution in [1.82, 2.24) is 9.88 Å². The van der Waals surface area contributed by atoms with E-state index in [0.717, 1.165) is 0 Å². The van der Waals surface area contributed by atoms with Gasteiger partial charge in [0.05, 0.1) is 11.6 Å². The summed E-state index contributed by atoms with van der Waals surface area (Å²) in [5, 5.41) is 10.5. The molecule has 1 aliphatic rings. The van der Waals surface area contributed by atoms with Crippen molar-refractivity contribution in [3.8, 4) is 5.75 Å². The summed E-state index contributed by atoms with van der Waals surface area (Å²) >= 11 is 6.09. The predicted molar refractivity (Wildman–Crippen MR) is 113 cm³/mol. The molecule has 1 aliphatic carbocycles. The first-order valence-corrected chi connectivity index (χ1v) is 10.0. The van der Waals surface area contributed by atoms with Crippen molar-refractivity contribution in [1.29, 1.82) is 0 Å². The molecule has 4 rings (SSSR count). The summed E-state index contributed by atoms with van der Waals surface area (Å²) in [6, 6.07) is 10.3. The third-order valence-electron chi connectivity index (χ3n) is 5.47. The molecule has 0 bridgehead atoms. The molecular weight excluding hydrogens is 421 g/mol. The second kappa shape index (κ2) is 8.35. The fourth-order valence-corrected chi connectivity index (χ4v) is 4.36. The summed E-state index contributed by atoms with van der Waals surface area (Å²) in [5.41, 5.74) is 7.13. The number of benzene rings is 2. The number of fused-ring (bicyclic) bond motifs is 1. The number of pyridine rings is 1. The van der Waals surface area contributed by atoms with Gasteiger partial charge in [0.2, 0.25) is 5.91 Å². The largest absolute Gasteiger partial charge is 0.507 e. The van der Waals surface area contributed by atoms with Crippen molar-refractivity contribution < 1.29 is 19.1 Å². The zero-order chi connectivity index (χ0) is 22.1. The van der Waals surface area contributed by atoms with Crippen LogP contribution in [0.1, 0.15) is 45.6 Å². The number of halogens is 2. The van der Waals surface area contributed by atoms with E-state index in [-0.39, 0.29) is 16.3 Å². The minimum absolute atomic E-state index is 0.00795. The summed E-state index contributed by atoms with van der Waals surface area (Å²) in [6.45, 7) is 0. The van der Waals surface area contributed by atoms with Gasteiger partial charge in [-0.1, -0.05) is 29.8 Å². The second-order valence-corrected chi connectivity index (χ2v) is 7.77. The lowest BCUT2D eigenvalue weighted by molar-refractivity contribution is -0.123. The lowest BCUT2D eigenvalue weighted by Crippen LogP contribution is -2.43. The van der Waals surface area contributed by atoms with E-state index in [0.29, 0.717) is 29.5 Å². The Hall–Kier alpha value is -3.45. The van der Waals surface area contributed by atoms with E-state index in [1.54, 1.807) is 30.3 Å². The van der Waals surface area contributed by atoms with E-state index in [9.17, 15) is 19.1 Å². The van der Waals surface area contributed by atoms with Crippen LogP contribution in [0.5, 0.6) is 5.75 Å². The number of carbonyl (C=O) groups excluding carboxylic acids is 2. The first-order chi connectivity index (χ1) is 14.9. The molecule has 158 valence electrons. The minimum atomic E-state index is -1.18. The van der Waals surface area contributed by atoms with Crippen LogP contribution >= 0.6 is 11.6 Å². The maximum Gasteiger partial charge on any atom is 0.259 e. The molecule has 0 saturated heterocycles. The Morgan fingerprint density at radius 3 is 2.68 bits per heavy atom. The second-order valence-electron chi connectivity index (χ2n) is 7.33. The molecule has 31 heavy (non-hydrogen) atoms. The highest BCUT2D eigenvalue weighted by molar-refractivity contribution is 6.30. The topological polar surface area (TPSA) is 96.5 Å². The van der Waals surface area contributed by atoms with Gasteiger partial charge in [0.15, 0.2) is 0 Å². The highest BCUT2D eigenvalue weighted by Crippen LogP contribution is 2.43. The smallest absolute Gasteiger partial charge is 0.259 e. The van der Waals surface area contributed by atoms with E-state index in [1.807, 2.05) is 0 Å². The number of nitrogens with zero attached hydrogens (tertiary/aromatic N) is 2. The Bertz CT molecular complexity index is 1160. The fourth-order valence-electron chi connectivity index (χ4n) is 4.14. The van der Waals surface area contributed by atoms with Crippen molar-refractivity contribution in [3.63, 3.8) is 0 Å². The maximum atomic E-state index is 14.5. The lowest BCUT2D eigenvalue weighted by Gasteiger charge is -2.35. The van der Waals surface area contributed by atoms with Gasteiger partial charge in [-0.15, -0.1) is 0 Å². The van der Waals surface area contributed by atoms with E-state index in [1.165, 1.54) is 35.5 Å². The van der Waals surface area contributed by atoms with Gasteiger partial charge in [0.25, 0.3) is 5.91 Å². The third-order valence-corrected chi connectivity index (χ3v) is 5.69. The Morgan fingerprint density at radius 1 is 1.23 bits per heavy atom. The molecule has 0 saturated carbocycles. The Morgan fingerprint density at radius 2 is 2.00 bits per heavy atom. The van der Waals surface area contributed by atoms with Crippen LogP contribution in [0.2, 0.25) is 5.02 Å². The van der Waals surface area contributed by atoms with Gasteiger partial charge < -0.3 is 15.7 Å². The average Bonchev–Trinajstić information content (AvgIpc) is 3.16. The van der Waals surface area contributed by atoms with Crippen LogP contribution < -0.4 is 5.73 Å². The number of para-hydroxylation sites is 1. The Kier molecular flexibility index (Phi) is 5.61.